The zero-order chi connectivity index (χ0) is 16.5. The van der Waals surface area contributed by atoms with Crippen LogP contribution in [-0.2, 0) is 4.79 Å². The van der Waals surface area contributed by atoms with Crippen LogP contribution >= 0.6 is 11.8 Å². The van der Waals surface area contributed by atoms with Crippen molar-refractivity contribution in [3.63, 3.8) is 0 Å². The van der Waals surface area contributed by atoms with E-state index in [2.05, 4.69) is 10.6 Å². The minimum absolute atomic E-state index is 0.0779. The van der Waals surface area contributed by atoms with E-state index in [-0.39, 0.29) is 23.6 Å². The van der Waals surface area contributed by atoms with Gasteiger partial charge in [-0.05, 0) is 43.4 Å². The molecule has 2 rings (SSSR count). The van der Waals surface area contributed by atoms with Crippen molar-refractivity contribution in [1.82, 2.24) is 10.6 Å². The van der Waals surface area contributed by atoms with Gasteiger partial charge in [0, 0.05) is 6.04 Å². The van der Waals surface area contributed by atoms with Crippen LogP contribution in [0.4, 0.5) is 0 Å². The van der Waals surface area contributed by atoms with Gasteiger partial charge in [0.1, 0.15) is 6.04 Å². The van der Waals surface area contributed by atoms with Crippen molar-refractivity contribution < 1.29 is 14.0 Å². The van der Waals surface area contributed by atoms with Crippen LogP contribution in [0.1, 0.15) is 55.5 Å². The number of carbonyl (C=O) groups is 2. The number of nitrogens with one attached hydrogen (secondary N) is 2. The van der Waals surface area contributed by atoms with Gasteiger partial charge in [-0.1, -0.05) is 25.7 Å². The van der Waals surface area contributed by atoms with Gasteiger partial charge in [0.15, 0.2) is 5.76 Å². The lowest BCUT2D eigenvalue weighted by molar-refractivity contribution is -0.123. The third-order valence-corrected chi connectivity index (χ3v) is 4.82. The van der Waals surface area contributed by atoms with Crippen LogP contribution in [0.3, 0.4) is 0 Å². The van der Waals surface area contributed by atoms with Crippen LogP contribution in [0, 0.1) is 0 Å². The first kappa shape index (κ1) is 17.9. The standard InChI is InChI=1S/C17H26N2O3S/c1-23-12-10-14(19-17(21)15-9-6-11-22-15)16(20)18-13-7-4-2-3-5-8-13/h6,9,11,13-14H,2-5,7-8,10,12H2,1H3,(H,18,20)(H,19,21)/t14-/m1/s1. The smallest absolute Gasteiger partial charge is 0.287 e. The van der Waals surface area contributed by atoms with Crippen molar-refractivity contribution in [1.29, 1.82) is 0 Å². The number of hydrogen-bond donors (Lipinski definition) is 2. The fourth-order valence-electron chi connectivity index (χ4n) is 2.87. The summed E-state index contributed by atoms with van der Waals surface area (Å²) < 4.78 is 5.10. The van der Waals surface area contributed by atoms with Crippen LogP contribution in [0.5, 0.6) is 0 Å². The first-order valence-electron chi connectivity index (χ1n) is 8.34. The zero-order valence-electron chi connectivity index (χ0n) is 13.7. The van der Waals surface area contributed by atoms with Crippen LogP contribution in [0.15, 0.2) is 22.8 Å². The Morgan fingerprint density at radius 2 is 2.04 bits per heavy atom. The zero-order valence-corrected chi connectivity index (χ0v) is 14.5. The summed E-state index contributed by atoms with van der Waals surface area (Å²) in [7, 11) is 0. The van der Waals surface area contributed by atoms with Crippen LogP contribution in [-0.4, -0.2) is 35.9 Å². The molecule has 0 bridgehead atoms. The second-order valence-corrected chi connectivity index (χ2v) is 6.97. The molecule has 1 aliphatic rings. The first-order chi connectivity index (χ1) is 11.2. The van der Waals surface area contributed by atoms with E-state index in [4.69, 9.17) is 4.42 Å². The van der Waals surface area contributed by atoms with E-state index in [0.717, 1.165) is 18.6 Å². The van der Waals surface area contributed by atoms with Gasteiger partial charge in [-0.25, -0.2) is 0 Å². The summed E-state index contributed by atoms with van der Waals surface area (Å²) in [4.78, 5) is 24.7. The minimum Gasteiger partial charge on any atom is -0.459 e. The normalized spacial score (nSPS) is 17.3. The van der Waals surface area contributed by atoms with Crippen molar-refractivity contribution in [2.24, 2.45) is 0 Å². The number of rotatable bonds is 7. The molecule has 2 N–H and O–H groups in total. The highest BCUT2D eigenvalue weighted by atomic mass is 32.2. The van der Waals surface area contributed by atoms with Gasteiger partial charge in [-0.2, -0.15) is 11.8 Å². The van der Waals surface area contributed by atoms with Crippen LogP contribution in [0.25, 0.3) is 0 Å². The largest absolute Gasteiger partial charge is 0.459 e. The molecule has 1 heterocycles. The van der Waals surface area contributed by atoms with Gasteiger partial charge >= 0.3 is 0 Å². The monoisotopic (exact) mass is 338 g/mol. The Bertz CT molecular complexity index is 482. The molecule has 0 unspecified atom stereocenters. The summed E-state index contributed by atoms with van der Waals surface area (Å²) in [6, 6.07) is 2.99. The fraction of sp³-hybridized carbons (Fsp3) is 0.647. The van der Waals surface area contributed by atoms with Crippen molar-refractivity contribution >= 4 is 23.6 Å². The lowest BCUT2D eigenvalue weighted by atomic mass is 10.1. The number of furan rings is 1. The highest BCUT2D eigenvalue weighted by Crippen LogP contribution is 2.17. The Balaban J connectivity index is 1.92. The number of carbonyl (C=O) groups excluding carboxylic acids is 2. The van der Waals surface area contributed by atoms with Gasteiger partial charge in [0.2, 0.25) is 5.91 Å². The summed E-state index contributed by atoms with van der Waals surface area (Å²) in [6.45, 7) is 0. The molecule has 1 atom stereocenters. The molecule has 1 aromatic rings. The second-order valence-electron chi connectivity index (χ2n) is 5.98. The predicted molar refractivity (Wildman–Crippen MR) is 92.6 cm³/mol. The third-order valence-electron chi connectivity index (χ3n) is 4.18. The molecule has 1 aliphatic carbocycles. The van der Waals surface area contributed by atoms with E-state index in [0.29, 0.717) is 6.42 Å². The summed E-state index contributed by atoms with van der Waals surface area (Å²) in [5.41, 5.74) is 0. The molecule has 0 aromatic carbocycles. The van der Waals surface area contributed by atoms with E-state index in [1.165, 1.54) is 31.9 Å². The lowest BCUT2D eigenvalue weighted by Crippen LogP contribution is -2.49. The average Bonchev–Trinajstić information content (AvgIpc) is 2.97. The lowest BCUT2D eigenvalue weighted by Gasteiger charge is -2.22. The molecular weight excluding hydrogens is 312 g/mol. The van der Waals surface area contributed by atoms with E-state index in [1.54, 1.807) is 23.9 Å². The third kappa shape index (κ3) is 5.94. The van der Waals surface area contributed by atoms with Gasteiger partial charge in [-0.3, -0.25) is 9.59 Å². The Morgan fingerprint density at radius 1 is 1.30 bits per heavy atom. The number of thioether (sulfide) groups is 1. The van der Waals surface area contributed by atoms with Crippen molar-refractivity contribution in [2.75, 3.05) is 12.0 Å². The molecule has 0 radical (unpaired) electrons. The van der Waals surface area contributed by atoms with Gasteiger partial charge < -0.3 is 15.1 Å². The molecule has 6 heteroatoms. The summed E-state index contributed by atoms with van der Waals surface area (Å²) in [6.07, 6.45) is 11.0. The Hall–Kier alpha value is -1.43. The van der Waals surface area contributed by atoms with Gasteiger partial charge in [0.05, 0.1) is 6.26 Å². The topological polar surface area (TPSA) is 71.3 Å². The van der Waals surface area contributed by atoms with E-state index in [9.17, 15) is 9.59 Å². The molecule has 0 aliphatic heterocycles. The number of amides is 2. The molecular formula is C17H26N2O3S. The molecule has 1 aromatic heterocycles. The Kier molecular flexibility index (Phi) is 7.52. The molecule has 0 saturated heterocycles. The Labute approximate surface area is 142 Å². The Morgan fingerprint density at radius 3 is 2.65 bits per heavy atom. The molecule has 0 spiro atoms. The SMILES string of the molecule is CSCC[C@@H](NC(=O)c1ccco1)C(=O)NC1CCCCCC1. The van der Waals surface area contributed by atoms with Gasteiger partial charge in [-0.15, -0.1) is 0 Å². The maximum absolute atomic E-state index is 12.6. The van der Waals surface area contributed by atoms with E-state index in [1.807, 2.05) is 6.26 Å². The van der Waals surface area contributed by atoms with Gasteiger partial charge in [0.25, 0.3) is 5.91 Å². The highest BCUT2D eigenvalue weighted by molar-refractivity contribution is 7.98. The quantitative estimate of drug-likeness (QED) is 0.750. The molecule has 1 fully saturated rings. The van der Waals surface area contributed by atoms with Crippen molar-refractivity contribution in [3.05, 3.63) is 24.2 Å². The second kappa shape index (κ2) is 9.65. The molecule has 128 valence electrons. The maximum atomic E-state index is 12.6. The average molecular weight is 338 g/mol. The molecule has 5 nitrogen and oxygen atoms in total. The van der Waals surface area contributed by atoms with Crippen LogP contribution in [0.2, 0.25) is 0 Å². The summed E-state index contributed by atoms with van der Waals surface area (Å²) in [5, 5.41) is 5.93. The fourth-order valence-corrected chi connectivity index (χ4v) is 3.34. The molecule has 2 amide bonds. The van der Waals surface area contributed by atoms with Crippen molar-refractivity contribution in [2.45, 2.75) is 57.0 Å². The molecule has 23 heavy (non-hydrogen) atoms. The van der Waals surface area contributed by atoms with Crippen LogP contribution < -0.4 is 10.6 Å². The first-order valence-corrected chi connectivity index (χ1v) is 9.73. The minimum atomic E-state index is -0.511. The highest BCUT2D eigenvalue weighted by Gasteiger charge is 2.24. The maximum Gasteiger partial charge on any atom is 0.287 e. The van der Waals surface area contributed by atoms with Crippen molar-refractivity contribution in [3.8, 4) is 0 Å². The van der Waals surface area contributed by atoms with E-state index >= 15 is 0 Å². The summed E-state index contributed by atoms with van der Waals surface area (Å²) >= 11 is 1.67. The number of hydrogen-bond acceptors (Lipinski definition) is 4. The van der Waals surface area contributed by atoms with E-state index < -0.39 is 6.04 Å². The summed E-state index contributed by atoms with van der Waals surface area (Å²) in [5.74, 6) is 0.644. The predicted octanol–water partition coefficient (Wildman–Crippen LogP) is 2.97. The molecule has 1 saturated carbocycles.